The van der Waals surface area contributed by atoms with Gasteiger partial charge in [0.25, 0.3) is 5.91 Å². The molecule has 0 aromatic heterocycles. The maximum atomic E-state index is 14.0. The fourth-order valence-corrected chi connectivity index (χ4v) is 4.27. The van der Waals surface area contributed by atoms with Crippen LogP contribution in [0, 0.1) is 11.6 Å². The number of nitrogens with zero attached hydrogens (tertiary/aromatic N) is 1. The Labute approximate surface area is 160 Å². The van der Waals surface area contributed by atoms with E-state index in [1.165, 1.54) is 24.9 Å². The molecule has 2 aromatic carbocycles. The van der Waals surface area contributed by atoms with Gasteiger partial charge >= 0.3 is 5.97 Å². The summed E-state index contributed by atoms with van der Waals surface area (Å²) in [6.07, 6.45) is 0.539. The highest BCUT2D eigenvalue weighted by Crippen LogP contribution is 2.36. The fraction of sp³-hybridized carbons (Fsp3) is 0.300. The van der Waals surface area contributed by atoms with E-state index in [9.17, 15) is 18.4 Å². The number of benzene rings is 2. The molecule has 1 fully saturated rings. The number of hydrogen-bond acceptors (Lipinski definition) is 4. The molecule has 1 aliphatic heterocycles. The number of ether oxygens (including phenoxy) is 1. The van der Waals surface area contributed by atoms with Crippen molar-refractivity contribution in [3.05, 3.63) is 70.8 Å². The van der Waals surface area contributed by atoms with Gasteiger partial charge in [-0.2, -0.15) is 11.8 Å². The number of amides is 1. The lowest BCUT2D eigenvalue weighted by atomic mass is 10.1. The molecular formula is C20H19F2NO3S. The molecule has 27 heavy (non-hydrogen) atoms. The number of hydrogen-bond donors (Lipinski definition) is 0. The molecule has 0 N–H and O–H groups in total. The van der Waals surface area contributed by atoms with Gasteiger partial charge in [-0.1, -0.05) is 0 Å². The Balaban J connectivity index is 1.69. The molecule has 142 valence electrons. The number of halogens is 2. The third kappa shape index (κ3) is 4.47. The van der Waals surface area contributed by atoms with E-state index in [-0.39, 0.29) is 11.2 Å². The number of esters is 1. The lowest BCUT2D eigenvalue weighted by molar-refractivity contribution is 0.0599. The summed E-state index contributed by atoms with van der Waals surface area (Å²) in [6, 6.07) is 9.77. The third-order valence-corrected chi connectivity index (χ3v) is 5.80. The average Bonchev–Trinajstić information content (AvgIpc) is 2.95. The minimum Gasteiger partial charge on any atom is -0.465 e. The Morgan fingerprint density at radius 3 is 2.48 bits per heavy atom. The summed E-state index contributed by atoms with van der Waals surface area (Å²) in [7, 11) is 1.30. The highest BCUT2D eigenvalue weighted by molar-refractivity contribution is 7.99. The van der Waals surface area contributed by atoms with E-state index in [2.05, 4.69) is 4.74 Å². The van der Waals surface area contributed by atoms with Crippen LogP contribution in [0.15, 0.2) is 42.5 Å². The molecule has 1 amide bonds. The van der Waals surface area contributed by atoms with Crippen LogP contribution in [-0.2, 0) is 4.74 Å². The highest BCUT2D eigenvalue weighted by atomic mass is 32.2. The molecular weight excluding hydrogens is 372 g/mol. The van der Waals surface area contributed by atoms with Crippen molar-refractivity contribution in [2.24, 2.45) is 0 Å². The van der Waals surface area contributed by atoms with E-state index < -0.39 is 17.6 Å². The van der Waals surface area contributed by atoms with Gasteiger partial charge in [0.2, 0.25) is 0 Å². The minimum absolute atomic E-state index is 0.146. The van der Waals surface area contributed by atoms with Crippen molar-refractivity contribution in [3.63, 3.8) is 0 Å². The van der Waals surface area contributed by atoms with Crippen LogP contribution in [0.1, 0.15) is 38.0 Å². The highest BCUT2D eigenvalue weighted by Gasteiger charge is 2.25. The van der Waals surface area contributed by atoms with Gasteiger partial charge in [-0.3, -0.25) is 4.79 Å². The largest absolute Gasteiger partial charge is 0.465 e. The molecule has 1 aliphatic rings. The molecule has 4 nitrogen and oxygen atoms in total. The second-order valence-corrected chi connectivity index (χ2v) is 7.49. The Morgan fingerprint density at radius 1 is 1.07 bits per heavy atom. The Bertz CT molecular complexity index is 842. The first-order valence-electron chi connectivity index (χ1n) is 8.54. The SMILES string of the molecule is COC(=O)c1ccc(C(=O)N2CCSC(c3cc(F)ccc3F)CC2)cc1. The summed E-state index contributed by atoms with van der Waals surface area (Å²) >= 11 is 1.52. The second kappa shape index (κ2) is 8.52. The Kier molecular flexibility index (Phi) is 6.11. The number of carbonyl (C=O) groups excluding carboxylic acids is 2. The number of methoxy groups -OCH3 is 1. The summed E-state index contributed by atoms with van der Waals surface area (Å²) in [5.74, 6) is -0.860. The van der Waals surface area contributed by atoms with E-state index in [1.807, 2.05) is 0 Å². The summed E-state index contributed by atoms with van der Waals surface area (Å²) in [6.45, 7) is 0.973. The molecule has 0 bridgehead atoms. The van der Waals surface area contributed by atoms with Gasteiger partial charge in [-0.25, -0.2) is 13.6 Å². The van der Waals surface area contributed by atoms with Gasteiger partial charge in [0.15, 0.2) is 0 Å². The summed E-state index contributed by atoms with van der Waals surface area (Å²) in [5.41, 5.74) is 1.20. The van der Waals surface area contributed by atoms with Crippen LogP contribution in [0.25, 0.3) is 0 Å². The zero-order valence-corrected chi connectivity index (χ0v) is 15.6. The molecule has 7 heteroatoms. The van der Waals surface area contributed by atoms with Gasteiger partial charge in [-0.15, -0.1) is 0 Å². The zero-order valence-electron chi connectivity index (χ0n) is 14.8. The first-order chi connectivity index (χ1) is 13.0. The maximum Gasteiger partial charge on any atom is 0.337 e. The number of rotatable bonds is 3. The summed E-state index contributed by atoms with van der Waals surface area (Å²) in [4.78, 5) is 25.9. The van der Waals surface area contributed by atoms with Gasteiger partial charge in [0.05, 0.1) is 12.7 Å². The van der Waals surface area contributed by atoms with Crippen molar-refractivity contribution in [1.82, 2.24) is 4.90 Å². The molecule has 2 aromatic rings. The minimum atomic E-state index is -0.463. The van der Waals surface area contributed by atoms with Crippen LogP contribution < -0.4 is 0 Å². The predicted octanol–water partition coefficient (Wildman–Crippen LogP) is 4.07. The van der Waals surface area contributed by atoms with Crippen molar-refractivity contribution in [2.45, 2.75) is 11.7 Å². The molecule has 0 spiro atoms. The normalized spacial score (nSPS) is 17.3. The molecule has 1 unspecified atom stereocenters. The quantitative estimate of drug-likeness (QED) is 0.740. The molecule has 1 saturated heterocycles. The topological polar surface area (TPSA) is 46.6 Å². The van der Waals surface area contributed by atoms with Crippen LogP contribution in [0.3, 0.4) is 0 Å². The predicted molar refractivity (Wildman–Crippen MR) is 99.9 cm³/mol. The molecule has 0 aliphatic carbocycles. The molecule has 0 radical (unpaired) electrons. The smallest absolute Gasteiger partial charge is 0.337 e. The average molecular weight is 391 g/mol. The van der Waals surface area contributed by atoms with E-state index in [0.717, 1.165) is 12.1 Å². The molecule has 3 rings (SSSR count). The van der Waals surface area contributed by atoms with Crippen molar-refractivity contribution in [2.75, 3.05) is 26.0 Å². The van der Waals surface area contributed by atoms with Gasteiger partial charge in [-0.05, 0) is 48.9 Å². The van der Waals surface area contributed by atoms with E-state index in [4.69, 9.17) is 0 Å². The lowest BCUT2D eigenvalue weighted by Crippen LogP contribution is -2.33. The van der Waals surface area contributed by atoms with Crippen molar-refractivity contribution < 1.29 is 23.1 Å². The van der Waals surface area contributed by atoms with E-state index in [1.54, 1.807) is 29.2 Å². The van der Waals surface area contributed by atoms with Crippen molar-refractivity contribution in [3.8, 4) is 0 Å². The monoisotopic (exact) mass is 391 g/mol. The van der Waals surface area contributed by atoms with Crippen LogP contribution in [0.5, 0.6) is 0 Å². The molecule has 1 atom stereocenters. The maximum absolute atomic E-state index is 14.0. The fourth-order valence-electron chi connectivity index (χ4n) is 3.03. The summed E-state index contributed by atoms with van der Waals surface area (Å²) < 4.78 is 32.2. The first kappa shape index (κ1) is 19.4. The van der Waals surface area contributed by atoms with Gasteiger partial charge < -0.3 is 9.64 Å². The standard InChI is InChI=1S/C20H19F2NO3S/c1-26-20(25)14-4-2-13(3-5-14)19(24)23-9-8-18(27-11-10-23)16-12-15(21)6-7-17(16)22/h2-7,12,18H,8-11H2,1H3. The van der Waals surface area contributed by atoms with Gasteiger partial charge in [0.1, 0.15) is 11.6 Å². The van der Waals surface area contributed by atoms with Crippen molar-refractivity contribution in [1.29, 1.82) is 0 Å². The first-order valence-corrected chi connectivity index (χ1v) is 9.58. The Hall–Kier alpha value is -2.41. The van der Waals surface area contributed by atoms with Crippen LogP contribution in [-0.4, -0.2) is 42.7 Å². The lowest BCUT2D eigenvalue weighted by Gasteiger charge is -2.20. The Morgan fingerprint density at radius 2 is 1.78 bits per heavy atom. The van der Waals surface area contributed by atoms with Crippen LogP contribution in [0.4, 0.5) is 8.78 Å². The third-order valence-electron chi connectivity index (χ3n) is 4.49. The van der Waals surface area contributed by atoms with E-state index >= 15 is 0 Å². The summed E-state index contributed by atoms with van der Waals surface area (Å²) in [5, 5.41) is -0.194. The van der Waals surface area contributed by atoms with Gasteiger partial charge in [0, 0.05) is 35.2 Å². The molecule has 1 heterocycles. The zero-order chi connectivity index (χ0) is 19.4. The molecule has 0 saturated carbocycles. The number of carbonyl (C=O) groups is 2. The van der Waals surface area contributed by atoms with Crippen molar-refractivity contribution >= 4 is 23.6 Å². The number of thioether (sulfide) groups is 1. The van der Waals surface area contributed by atoms with Crippen LogP contribution >= 0.6 is 11.8 Å². The van der Waals surface area contributed by atoms with E-state index in [0.29, 0.717) is 42.0 Å². The second-order valence-electron chi connectivity index (χ2n) is 6.18. The van der Waals surface area contributed by atoms with Crippen LogP contribution in [0.2, 0.25) is 0 Å².